The number of hydrogen-bond donors (Lipinski definition) is 4. The number of benzene rings is 1. The molecule has 4 N–H and O–H groups in total. The Balaban J connectivity index is 0.00000256. The van der Waals surface area contributed by atoms with Gasteiger partial charge in [0.15, 0.2) is 5.56 Å². The second-order valence-corrected chi connectivity index (χ2v) is 7.56. The molecule has 1 aromatic carbocycles. The van der Waals surface area contributed by atoms with Crippen molar-refractivity contribution in [1.82, 2.24) is 14.9 Å². The predicted octanol–water partition coefficient (Wildman–Crippen LogP) is 3.35. The topological polar surface area (TPSA) is 107 Å². The van der Waals surface area contributed by atoms with Crippen LogP contribution >= 0.6 is 12.4 Å². The number of pyridine rings is 1. The highest BCUT2D eigenvalue weighted by atomic mass is 35.5. The van der Waals surface area contributed by atoms with Crippen LogP contribution in [0, 0.1) is 0 Å². The highest BCUT2D eigenvalue weighted by Crippen LogP contribution is 2.41. The number of aromatic carboxylic acids is 1. The molecule has 1 aliphatic carbocycles. The lowest BCUT2D eigenvalue weighted by atomic mass is 9.99. The van der Waals surface area contributed by atoms with Crippen LogP contribution in [0.25, 0.3) is 22.2 Å². The van der Waals surface area contributed by atoms with Crippen LogP contribution in [0.1, 0.15) is 46.9 Å². The van der Waals surface area contributed by atoms with Crippen molar-refractivity contribution in [1.29, 1.82) is 0 Å². The number of nitrogens with zero attached hydrogens (tertiary/aromatic N) is 1. The Morgan fingerprint density at radius 1 is 1.30 bits per heavy atom. The summed E-state index contributed by atoms with van der Waals surface area (Å²) in [6, 6.07) is 6.12. The summed E-state index contributed by atoms with van der Waals surface area (Å²) in [5.74, 6) is -1.83. The molecule has 3 aromatic rings. The average Bonchev–Trinajstić information content (AvgIpc) is 2.83. The first-order chi connectivity index (χ1) is 14.0. The lowest BCUT2D eigenvalue weighted by molar-refractivity contribution is 0.0691. The fourth-order valence-corrected chi connectivity index (χ4v) is 4.48. The third-order valence-corrected chi connectivity index (χ3v) is 5.75. The molecule has 160 valence electrons. The Hall–Kier alpha value is -2.77. The van der Waals surface area contributed by atoms with Gasteiger partial charge in [0.1, 0.15) is 5.75 Å². The number of nitrogens with one attached hydrogen (secondary N) is 2. The van der Waals surface area contributed by atoms with Crippen molar-refractivity contribution in [2.45, 2.75) is 39.2 Å². The normalized spacial score (nSPS) is 12.7. The largest absolute Gasteiger partial charge is 0.506 e. The summed E-state index contributed by atoms with van der Waals surface area (Å²) in [6.07, 6.45) is 3.10. The van der Waals surface area contributed by atoms with E-state index in [4.69, 9.17) is 0 Å². The smallest absolute Gasteiger partial charge is 0.345 e. The van der Waals surface area contributed by atoms with Crippen molar-refractivity contribution in [3.63, 3.8) is 0 Å². The molecule has 8 heteroatoms. The van der Waals surface area contributed by atoms with Crippen LogP contribution in [0.4, 0.5) is 0 Å². The molecule has 0 amide bonds. The number of carbonyl (C=O) groups is 1. The van der Waals surface area contributed by atoms with Gasteiger partial charge in [0, 0.05) is 35.8 Å². The van der Waals surface area contributed by atoms with Gasteiger partial charge in [0.05, 0.1) is 11.2 Å². The van der Waals surface area contributed by atoms with Crippen molar-refractivity contribution in [2.24, 2.45) is 7.05 Å². The number of aromatic hydroxyl groups is 1. The number of aromatic amines is 1. The fraction of sp³-hybridized carbons (Fsp3) is 0.364. The van der Waals surface area contributed by atoms with Crippen molar-refractivity contribution in [2.75, 3.05) is 6.54 Å². The molecule has 0 saturated heterocycles. The standard InChI is InChI=1S/C22H25N3O4.ClH/c1-3-10-23-11-12-6-4-7-13-16-15(25(2)19(12)13)9-5-8-14-18(16)24-21(27)17(20(14)26)22(28)29;/h4,6-7,23H,3,5,8-11H2,1-2H3,(H,28,29)(H2,24,26,27);1H. The maximum absolute atomic E-state index is 12.4. The number of fused-ring (bicyclic) bond motifs is 5. The number of para-hydroxylation sites is 1. The minimum atomic E-state index is -1.42. The van der Waals surface area contributed by atoms with Gasteiger partial charge in [-0.05, 0) is 37.8 Å². The zero-order valence-electron chi connectivity index (χ0n) is 17.0. The molecule has 0 saturated carbocycles. The monoisotopic (exact) mass is 431 g/mol. The van der Waals surface area contributed by atoms with Crippen LogP contribution in [0.3, 0.4) is 0 Å². The minimum Gasteiger partial charge on any atom is -0.506 e. The van der Waals surface area contributed by atoms with Gasteiger partial charge in [0.25, 0.3) is 5.56 Å². The molecule has 0 bridgehead atoms. The van der Waals surface area contributed by atoms with E-state index in [2.05, 4.69) is 27.9 Å². The molecule has 0 radical (unpaired) electrons. The van der Waals surface area contributed by atoms with E-state index in [9.17, 15) is 19.8 Å². The van der Waals surface area contributed by atoms with Gasteiger partial charge in [-0.3, -0.25) is 4.79 Å². The summed E-state index contributed by atoms with van der Waals surface area (Å²) >= 11 is 0. The molecular weight excluding hydrogens is 406 g/mol. The van der Waals surface area contributed by atoms with Gasteiger partial charge in [-0.1, -0.05) is 25.1 Å². The SMILES string of the molecule is CCCNCc1cccc2c3c(n(C)c12)CCCc1c-3[nH]c(=O)c(C(=O)O)c1O.Cl. The Bertz CT molecular complexity index is 1180. The van der Waals surface area contributed by atoms with Crippen LogP contribution in [-0.4, -0.2) is 32.3 Å². The van der Waals surface area contributed by atoms with Gasteiger partial charge in [0.2, 0.25) is 0 Å². The Morgan fingerprint density at radius 2 is 2.07 bits per heavy atom. The van der Waals surface area contributed by atoms with Gasteiger partial charge in [-0.25, -0.2) is 4.79 Å². The molecule has 1 aliphatic rings. The van der Waals surface area contributed by atoms with Crippen LogP contribution in [-0.2, 0) is 26.4 Å². The summed E-state index contributed by atoms with van der Waals surface area (Å²) in [7, 11) is 2.03. The molecule has 0 spiro atoms. The zero-order chi connectivity index (χ0) is 20.7. The van der Waals surface area contributed by atoms with Gasteiger partial charge in [-0.2, -0.15) is 0 Å². The van der Waals surface area contributed by atoms with Crippen molar-refractivity contribution in [3.8, 4) is 17.0 Å². The number of aryl methyl sites for hydroxylation is 1. The summed E-state index contributed by atoms with van der Waals surface area (Å²) in [4.78, 5) is 26.7. The summed E-state index contributed by atoms with van der Waals surface area (Å²) < 4.78 is 2.17. The molecule has 4 rings (SSSR count). The number of carboxylic acids is 1. The average molecular weight is 432 g/mol. The third-order valence-electron chi connectivity index (χ3n) is 5.75. The first-order valence-electron chi connectivity index (χ1n) is 9.97. The minimum absolute atomic E-state index is 0. The molecule has 0 fully saturated rings. The molecule has 7 nitrogen and oxygen atoms in total. The lowest BCUT2D eigenvalue weighted by Crippen LogP contribution is -2.20. The first kappa shape index (κ1) is 21.9. The first-order valence-corrected chi connectivity index (χ1v) is 9.97. The van der Waals surface area contributed by atoms with Crippen molar-refractivity contribution in [3.05, 3.63) is 50.9 Å². The maximum atomic E-state index is 12.4. The van der Waals surface area contributed by atoms with Crippen LogP contribution < -0.4 is 10.9 Å². The van der Waals surface area contributed by atoms with Crippen molar-refractivity contribution < 1.29 is 15.0 Å². The molecule has 30 heavy (non-hydrogen) atoms. The Morgan fingerprint density at radius 3 is 2.77 bits per heavy atom. The second kappa shape index (κ2) is 8.53. The number of aromatic nitrogens is 2. The van der Waals surface area contributed by atoms with E-state index in [1.807, 2.05) is 19.2 Å². The molecule has 0 aliphatic heterocycles. The molecular formula is C22H26ClN3O4. The van der Waals surface area contributed by atoms with E-state index in [1.54, 1.807) is 0 Å². The zero-order valence-corrected chi connectivity index (χ0v) is 17.9. The number of hydrogen-bond acceptors (Lipinski definition) is 4. The highest BCUT2D eigenvalue weighted by Gasteiger charge is 2.28. The second-order valence-electron chi connectivity index (χ2n) is 7.56. The van der Waals surface area contributed by atoms with E-state index in [0.29, 0.717) is 17.7 Å². The molecule has 0 atom stereocenters. The van der Waals surface area contributed by atoms with E-state index < -0.39 is 22.8 Å². The summed E-state index contributed by atoms with van der Waals surface area (Å²) in [6.45, 7) is 3.81. The third kappa shape index (κ3) is 3.38. The van der Waals surface area contributed by atoms with Crippen molar-refractivity contribution >= 4 is 29.3 Å². The summed E-state index contributed by atoms with van der Waals surface area (Å²) in [5, 5.41) is 24.4. The predicted molar refractivity (Wildman–Crippen MR) is 119 cm³/mol. The molecule has 2 heterocycles. The van der Waals surface area contributed by atoms with Crippen LogP contribution in [0.5, 0.6) is 5.75 Å². The van der Waals surface area contributed by atoms with E-state index >= 15 is 0 Å². The summed E-state index contributed by atoms with van der Waals surface area (Å²) in [5.41, 5.74) is 3.91. The lowest BCUT2D eigenvalue weighted by Gasteiger charge is -2.11. The molecule has 0 unspecified atom stereocenters. The van der Waals surface area contributed by atoms with Crippen LogP contribution in [0.2, 0.25) is 0 Å². The fourth-order valence-electron chi connectivity index (χ4n) is 4.48. The Labute approximate surface area is 180 Å². The van der Waals surface area contributed by atoms with E-state index in [1.165, 1.54) is 5.56 Å². The van der Waals surface area contributed by atoms with E-state index in [-0.39, 0.29) is 12.4 Å². The quantitative estimate of drug-likeness (QED) is 0.463. The van der Waals surface area contributed by atoms with Gasteiger partial charge < -0.3 is 25.1 Å². The Kier molecular flexibility index (Phi) is 6.24. The van der Waals surface area contributed by atoms with Gasteiger partial charge >= 0.3 is 5.97 Å². The maximum Gasteiger partial charge on any atom is 0.345 e. The van der Waals surface area contributed by atoms with E-state index in [0.717, 1.165) is 54.5 Å². The number of H-pyrrole nitrogens is 1. The molecule has 2 aromatic heterocycles. The number of rotatable bonds is 5. The number of carboxylic acid groups (broad SMARTS) is 1. The van der Waals surface area contributed by atoms with Crippen LogP contribution in [0.15, 0.2) is 23.0 Å². The highest BCUT2D eigenvalue weighted by molar-refractivity contribution is 6.01. The van der Waals surface area contributed by atoms with Gasteiger partial charge in [-0.15, -0.1) is 12.4 Å². The number of halogens is 1.